The van der Waals surface area contributed by atoms with Gasteiger partial charge in [0, 0.05) is 11.3 Å². The molecule has 0 heterocycles. The largest absolute Gasteiger partial charge is 0.291 e. The molecule has 2 rings (SSSR count). The third-order valence-electron chi connectivity index (χ3n) is 5.47. The molecule has 0 spiro atoms. The Morgan fingerprint density at radius 3 is 1.79 bits per heavy atom. The SMILES string of the molecule is CC12CCC(C(=O)C1=O)C2(C)C.CCCCCCC. The third-order valence-corrected chi connectivity index (χ3v) is 5.47. The van der Waals surface area contributed by atoms with Crippen molar-refractivity contribution in [3.05, 3.63) is 0 Å². The van der Waals surface area contributed by atoms with Gasteiger partial charge in [0.1, 0.15) is 0 Å². The molecule has 2 aliphatic carbocycles. The molecular formula is C17H30O2. The van der Waals surface area contributed by atoms with Crippen molar-refractivity contribution in [1.29, 1.82) is 0 Å². The van der Waals surface area contributed by atoms with Gasteiger partial charge in [0.15, 0.2) is 0 Å². The summed E-state index contributed by atoms with van der Waals surface area (Å²) in [7, 11) is 0. The van der Waals surface area contributed by atoms with Crippen LogP contribution < -0.4 is 0 Å². The molecule has 0 aromatic carbocycles. The Labute approximate surface area is 118 Å². The molecule has 0 radical (unpaired) electrons. The summed E-state index contributed by atoms with van der Waals surface area (Å²) in [5, 5.41) is 0. The summed E-state index contributed by atoms with van der Waals surface area (Å²) in [5.41, 5.74) is -0.448. The number of ketones is 2. The quantitative estimate of drug-likeness (QED) is 0.552. The Morgan fingerprint density at radius 2 is 1.53 bits per heavy atom. The monoisotopic (exact) mass is 266 g/mol. The second-order valence-corrected chi connectivity index (χ2v) is 6.90. The predicted molar refractivity (Wildman–Crippen MR) is 79.1 cm³/mol. The van der Waals surface area contributed by atoms with Gasteiger partial charge in [-0.25, -0.2) is 0 Å². The lowest BCUT2D eigenvalue weighted by Crippen LogP contribution is -2.33. The molecule has 2 fully saturated rings. The van der Waals surface area contributed by atoms with E-state index < -0.39 is 0 Å². The number of carbonyl (C=O) groups is 2. The molecule has 2 heteroatoms. The van der Waals surface area contributed by atoms with E-state index in [4.69, 9.17) is 0 Å². The summed E-state index contributed by atoms with van der Waals surface area (Å²) >= 11 is 0. The molecule has 0 amide bonds. The zero-order valence-electron chi connectivity index (χ0n) is 13.3. The molecule has 0 saturated heterocycles. The summed E-state index contributed by atoms with van der Waals surface area (Å²) in [4.78, 5) is 23.0. The first kappa shape index (κ1) is 16.4. The Hall–Kier alpha value is -0.660. The molecule has 2 bridgehead atoms. The first-order chi connectivity index (χ1) is 8.82. The minimum Gasteiger partial charge on any atom is -0.291 e. The van der Waals surface area contributed by atoms with Crippen LogP contribution in [0.15, 0.2) is 0 Å². The van der Waals surface area contributed by atoms with E-state index >= 15 is 0 Å². The van der Waals surface area contributed by atoms with Crippen molar-refractivity contribution in [3.8, 4) is 0 Å². The van der Waals surface area contributed by atoms with Crippen LogP contribution in [0.1, 0.15) is 79.6 Å². The molecule has 2 atom stereocenters. The zero-order chi connectivity index (χ0) is 14.7. The van der Waals surface area contributed by atoms with Crippen molar-refractivity contribution in [1.82, 2.24) is 0 Å². The molecule has 2 nitrogen and oxygen atoms in total. The Kier molecular flexibility index (Phi) is 5.34. The average molecular weight is 266 g/mol. The summed E-state index contributed by atoms with van der Waals surface area (Å²) < 4.78 is 0. The van der Waals surface area contributed by atoms with Crippen LogP contribution in [-0.2, 0) is 9.59 Å². The summed E-state index contributed by atoms with van der Waals surface area (Å²) in [6.07, 6.45) is 8.82. The lowest BCUT2D eigenvalue weighted by Gasteiger charge is -2.31. The van der Waals surface area contributed by atoms with Gasteiger partial charge in [-0.15, -0.1) is 0 Å². The van der Waals surface area contributed by atoms with Gasteiger partial charge in [-0.3, -0.25) is 9.59 Å². The molecule has 0 aromatic rings. The third kappa shape index (κ3) is 2.78. The Bertz CT molecular complexity index is 339. The average Bonchev–Trinajstić information content (AvgIpc) is 2.66. The molecule has 110 valence electrons. The zero-order valence-corrected chi connectivity index (χ0v) is 13.3. The van der Waals surface area contributed by atoms with Gasteiger partial charge >= 0.3 is 0 Å². The fourth-order valence-electron chi connectivity index (χ4n) is 3.47. The normalized spacial score (nSPS) is 31.3. The van der Waals surface area contributed by atoms with Crippen molar-refractivity contribution in [2.75, 3.05) is 0 Å². The van der Waals surface area contributed by atoms with Gasteiger partial charge in [-0.05, 0) is 18.3 Å². The fourth-order valence-corrected chi connectivity index (χ4v) is 3.47. The molecule has 0 aromatic heterocycles. The van der Waals surface area contributed by atoms with Crippen molar-refractivity contribution in [2.45, 2.75) is 79.6 Å². The molecular weight excluding hydrogens is 236 g/mol. The molecule has 19 heavy (non-hydrogen) atoms. The van der Waals surface area contributed by atoms with Gasteiger partial charge in [0.25, 0.3) is 0 Å². The van der Waals surface area contributed by atoms with Crippen molar-refractivity contribution >= 4 is 11.6 Å². The molecule has 2 saturated carbocycles. The van der Waals surface area contributed by atoms with Crippen molar-refractivity contribution < 1.29 is 9.59 Å². The van der Waals surface area contributed by atoms with E-state index in [0.29, 0.717) is 0 Å². The van der Waals surface area contributed by atoms with Crippen LogP contribution in [0, 0.1) is 16.7 Å². The van der Waals surface area contributed by atoms with Gasteiger partial charge in [-0.1, -0.05) is 66.7 Å². The Balaban J connectivity index is 0.000000224. The first-order valence-electron chi connectivity index (χ1n) is 7.91. The topological polar surface area (TPSA) is 34.1 Å². The van der Waals surface area contributed by atoms with E-state index in [1.165, 1.54) is 32.1 Å². The van der Waals surface area contributed by atoms with Crippen LogP contribution >= 0.6 is 0 Å². The van der Waals surface area contributed by atoms with Gasteiger partial charge < -0.3 is 0 Å². The maximum absolute atomic E-state index is 11.6. The second kappa shape index (κ2) is 6.19. The van der Waals surface area contributed by atoms with E-state index in [0.717, 1.165) is 12.8 Å². The van der Waals surface area contributed by atoms with Crippen LogP contribution in [0.25, 0.3) is 0 Å². The van der Waals surface area contributed by atoms with E-state index in [9.17, 15) is 9.59 Å². The lowest BCUT2D eigenvalue weighted by atomic mass is 9.70. The number of rotatable bonds is 4. The van der Waals surface area contributed by atoms with Gasteiger partial charge in [-0.2, -0.15) is 0 Å². The number of carbonyl (C=O) groups excluding carboxylic acids is 2. The van der Waals surface area contributed by atoms with Gasteiger partial charge in [0.05, 0.1) is 0 Å². The maximum Gasteiger partial charge on any atom is 0.205 e. The van der Waals surface area contributed by atoms with E-state index in [1.54, 1.807) is 0 Å². The number of unbranched alkanes of at least 4 members (excludes halogenated alkanes) is 4. The fraction of sp³-hybridized carbons (Fsp3) is 0.882. The summed E-state index contributed by atoms with van der Waals surface area (Å²) in [6.45, 7) is 10.5. The Morgan fingerprint density at radius 1 is 1.00 bits per heavy atom. The van der Waals surface area contributed by atoms with E-state index in [1.807, 2.05) is 20.8 Å². The van der Waals surface area contributed by atoms with Crippen LogP contribution in [0.2, 0.25) is 0 Å². The highest BCUT2D eigenvalue weighted by atomic mass is 16.2. The van der Waals surface area contributed by atoms with Crippen molar-refractivity contribution in [3.63, 3.8) is 0 Å². The van der Waals surface area contributed by atoms with Crippen LogP contribution in [0.5, 0.6) is 0 Å². The summed E-state index contributed by atoms with van der Waals surface area (Å²) in [5.74, 6) is -0.229. The highest BCUT2D eigenvalue weighted by Gasteiger charge is 2.66. The number of fused-ring (bicyclic) bond motifs is 2. The maximum atomic E-state index is 11.6. The highest BCUT2D eigenvalue weighted by Crippen LogP contribution is 2.61. The summed E-state index contributed by atoms with van der Waals surface area (Å²) in [6, 6.07) is 0. The van der Waals surface area contributed by atoms with E-state index in [2.05, 4.69) is 13.8 Å². The first-order valence-corrected chi connectivity index (χ1v) is 7.91. The molecule has 0 aliphatic heterocycles. The van der Waals surface area contributed by atoms with Crippen molar-refractivity contribution in [2.24, 2.45) is 16.7 Å². The smallest absolute Gasteiger partial charge is 0.205 e. The second-order valence-electron chi connectivity index (χ2n) is 6.90. The van der Waals surface area contributed by atoms with Gasteiger partial charge in [0.2, 0.25) is 11.6 Å². The highest BCUT2D eigenvalue weighted by molar-refractivity contribution is 6.43. The van der Waals surface area contributed by atoms with Crippen LogP contribution in [0.3, 0.4) is 0 Å². The number of hydrogen-bond acceptors (Lipinski definition) is 2. The van der Waals surface area contributed by atoms with E-state index in [-0.39, 0.29) is 28.3 Å². The minimum atomic E-state index is -0.352. The predicted octanol–water partition coefficient (Wildman–Crippen LogP) is 4.56. The number of hydrogen-bond donors (Lipinski definition) is 0. The molecule has 2 unspecified atom stereocenters. The number of Topliss-reactive ketones (excluding diaryl/α,β-unsaturated/α-hetero) is 2. The standard InChI is InChI=1S/C10H14O2.C7H16/c1-9(2)6-4-5-10(9,3)8(12)7(6)11;1-3-5-7-6-4-2/h6H,4-5H2,1-3H3;3-7H2,1-2H3. The minimum absolute atomic E-state index is 0.00926. The molecule has 2 aliphatic rings. The van der Waals surface area contributed by atoms with Crippen LogP contribution in [0.4, 0.5) is 0 Å². The lowest BCUT2D eigenvalue weighted by molar-refractivity contribution is -0.141. The van der Waals surface area contributed by atoms with Crippen LogP contribution in [-0.4, -0.2) is 11.6 Å². The molecule has 0 N–H and O–H groups in total.